The Kier molecular flexibility index (Phi) is 6.13. The second-order valence-electron chi connectivity index (χ2n) is 8.41. The summed E-state index contributed by atoms with van der Waals surface area (Å²) < 4.78 is 11.9. The Labute approximate surface area is 189 Å². The zero-order valence-corrected chi connectivity index (χ0v) is 18.6. The number of fused-ring (bicyclic) bond motifs is 3. The maximum Gasteiger partial charge on any atom is 0.120 e. The van der Waals surface area contributed by atoms with Crippen LogP contribution >= 0.6 is 0 Å². The van der Waals surface area contributed by atoms with E-state index in [0.29, 0.717) is 6.61 Å². The van der Waals surface area contributed by atoms with Crippen LogP contribution in [-0.4, -0.2) is 18.1 Å². The first-order chi connectivity index (χ1) is 15.8. The van der Waals surface area contributed by atoms with Gasteiger partial charge in [0.1, 0.15) is 18.1 Å². The Morgan fingerprint density at radius 1 is 0.906 bits per heavy atom. The number of nitrogens with one attached hydrogen (secondary N) is 2. The largest absolute Gasteiger partial charge is 0.494 e. The van der Waals surface area contributed by atoms with E-state index in [0.717, 1.165) is 49.4 Å². The zero-order chi connectivity index (χ0) is 21.8. The average Bonchev–Trinajstić information content (AvgIpc) is 3.22. The van der Waals surface area contributed by atoms with Crippen LogP contribution in [0.3, 0.4) is 0 Å². The second-order valence-corrected chi connectivity index (χ2v) is 8.41. The third kappa shape index (κ3) is 4.37. The summed E-state index contributed by atoms with van der Waals surface area (Å²) in [6, 6.07) is 25.3. The molecular formula is C28H30N2O2. The molecule has 0 saturated carbocycles. The molecule has 0 aliphatic carbocycles. The van der Waals surface area contributed by atoms with E-state index < -0.39 is 0 Å². The van der Waals surface area contributed by atoms with Crippen LogP contribution in [0.2, 0.25) is 0 Å². The lowest BCUT2D eigenvalue weighted by molar-refractivity contribution is 0.306. The Hall–Kier alpha value is -3.24. The standard InChI is InChI=1S/C28H30N2O2/c1-2-3-17-31-22-11-9-21(10-12-22)27-28-24(15-16-29-27)25-18-23(13-14-26(25)30-28)32-19-20-7-5-4-6-8-20/h4-14,18,27,29-30H,2-3,15-17,19H2,1H3. The van der Waals surface area contributed by atoms with Gasteiger partial charge in [-0.15, -0.1) is 0 Å². The van der Waals surface area contributed by atoms with Crippen LogP contribution in [0.15, 0.2) is 72.8 Å². The minimum Gasteiger partial charge on any atom is -0.494 e. The third-order valence-electron chi connectivity index (χ3n) is 6.15. The van der Waals surface area contributed by atoms with Gasteiger partial charge in [-0.1, -0.05) is 55.8 Å². The summed E-state index contributed by atoms with van der Waals surface area (Å²) in [6.45, 7) is 4.49. The second kappa shape index (κ2) is 9.49. The highest BCUT2D eigenvalue weighted by Crippen LogP contribution is 2.35. The van der Waals surface area contributed by atoms with Gasteiger partial charge in [0.05, 0.1) is 12.6 Å². The minimum atomic E-state index is 0.157. The Morgan fingerprint density at radius 3 is 2.53 bits per heavy atom. The highest BCUT2D eigenvalue weighted by molar-refractivity contribution is 5.86. The molecule has 0 spiro atoms. The fourth-order valence-corrected chi connectivity index (χ4v) is 4.41. The highest BCUT2D eigenvalue weighted by Gasteiger charge is 2.25. The average molecular weight is 427 g/mol. The lowest BCUT2D eigenvalue weighted by Gasteiger charge is -2.25. The van der Waals surface area contributed by atoms with E-state index in [1.54, 1.807) is 0 Å². The zero-order valence-electron chi connectivity index (χ0n) is 18.6. The quantitative estimate of drug-likeness (QED) is 0.332. The molecule has 0 saturated heterocycles. The molecule has 0 amide bonds. The molecule has 2 heterocycles. The number of hydrogen-bond donors (Lipinski definition) is 2. The number of aromatic amines is 1. The van der Waals surface area contributed by atoms with Crippen LogP contribution in [0.5, 0.6) is 11.5 Å². The number of H-pyrrole nitrogens is 1. The van der Waals surface area contributed by atoms with Crippen molar-refractivity contribution in [3.05, 3.63) is 95.2 Å². The van der Waals surface area contributed by atoms with Crippen molar-refractivity contribution in [1.82, 2.24) is 10.3 Å². The SMILES string of the molecule is CCCCOc1ccc(C2NCCc3c2[nH]c2ccc(OCc4ccccc4)cc32)cc1. The molecule has 1 aromatic heterocycles. The first-order valence-electron chi connectivity index (χ1n) is 11.6. The predicted molar refractivity (Wildman–Crippen MR) is 129 cm³/mol. The lowest BCUT2D eigenvalue weighted by Crippen LogP contribution is -2.30. The smallest absolute Gasteiger partial charge is 0.120 e. The molecule has 164 valence electrons. The first-order valence-corrected chi connectivity index (χ1v) is 11.6. The molecule has 0 fully saturated rings. The monoisotopic (exact) mass is 426 g/mol. The molecule has 3 aromatic carbocycles. The Balaban J connectivity index is 1.37. The molecule has 2 N–H and O–H groups in total. The van der Waals surface area contributed by atoms with Crippen molar-refractivity contribution in [2.75, 3.05) is 13.2 Å². The Morgan fingerprint density at radius 2 is 1.72 bits per heavy atom. The van der Waals surface area contributed by atoms with Crippen molar-refractivity contribution < 1.29 is 9.47 Å². The molecule has 4 aromatic rings. The van der Waals surface area contributed by atoms with E-state index in [9.17, 15) is 0 Å². The van der Waals surface area contributed by atoms with Gasteiger partial charge in [0.15, 0.2) is 0 Å². The molecule has 1 aliphatic heterocycles. The first kappa shape index (κ1) is 20.7. The molecule has 0 bridgehead atoms. The van der Waals surface area contributed by atoms with Crippen LogP contribution in [0.25, 0.3) is 10.9 Å². The van der Waals surface area contributed by atoms with Crippen molar-refractivity contribution in [1.29, 1.82) is 0 Å². The molecular weight excluding hydrogens is 396 g/mol. The number of unbranched alkanes of at least 4 members (excludes halogenated alkanes) is 1. The van der Waals surface area contributed by atoms with Gasteiger partial charge in [0.25, 0.3) is 0 Å². The van der Waals surface area contributed by atoms with Gasteiger partial charge < -0.3 is 19.8 Å². The van der Waals surface area contributed by atoms with E-state index >= 15 is 0 Å². The normalized spacial score (nSPS) is 15.5. The Bertz CT molecular complexity index is 1170. The predicted octanol–water partition coefficient (Wildman–Crippen LogP) is 6.16. The maximum atomic E-state index is 6.08. The van der Waals surface area contributed by atoms with Gasteiger partial charge in [-0.3, -0.25) is 0 Å². The topological polar surface area (TPSA) is 46.3 Å². The van der Waals surface area contributed by atoms with Gasteiger partial charge in [-0.05, 0) is 59.9 Å². The van der Waals surface area contributed by atoms with Crippen LogP contribution < -0.4 is 14.8 Å². The van der Waals surface area contributed by atoms with Crippen molar-refractivity contribution in [3.63, 3.8) is 0 Å². The van der Waals surface area contributed by atoms with E-state index in [1.165, 1.54) is 27.8 Å². The molecule has 0 radical (unpaired) electrons. The lowest BCUT2D eigenvalue weighted by atomic mass is 9.94. The fraction of sp³-hybridized carbons (Fsp3) is 0.286. The summed E-state index contributed by atoms with van der Waals surface area (Å²) in [7, 11) is 0. The molecule has 4 nitrogen and oxygen atoms in total. The van der Waals surface area contributed by atoms with Gasteiger partial charge in [-0.25, -0.2) is 0 Å². The van der Waals surface area contributed by atoms with Crippen molar-refractivity contribution in [3.8, 4) is 11.5 Å². The van der Waals surface area contributed by atoms with Gasteiger partial charge in [0, 0.05) is 23.1 Å². The van der Waals surface area contributed by atoms with Crippen molar-refractivity contribution >= 4 is 10.9 Å². The van der Waals surface area contributed by atoms with E-state index in [1.807, 2.05) is 18.2 Å². The fourth-order valence-electron chi connectivity index (χ4n) is 4.41. The summed E-state index contributed by atoms with van der Waals surface area (Å²) in [5, 5.41) is 4.94. The number of aromatic nitrogens is 1. The number of rotatable bonds is 8. The highest BCUT2D eigenvalue weighted by atomic mass is 16.5. The minimum absolute atomic E-state index is 0.157. The van der Waals surface area contributed by atoms with Crippen molar-refractivity contribution in [2.45, 2.75) is 38.8 Å². The van der Waals surface area contributed by atoms with Crippen LogP contribution in [-0.2, 0) is 13.0 Å². The molecule has 32 heavy (non-hydrogen) atoms. The summed E-state index contributed by atoms with van der Waals surface area (Å²) in [4.78, 5) is 3.67. The molecule has 1 atom stereocenters. The number of benzene rings is 3. The van der Waals surface area contributed by atoms with Crippen LogP contribution in [0, 0.1) is 0 Å². The van der Waals surface area contributed by atoms with Gasteiger partial charge in [0.2, 0.25) is 0 Å². The molecule has 1 unspecified atom stereocenters. The molecule has 4 heteroatoms. The van der Waals surface area contributed by atoms with Crippen LogP contribution in [0.4, 0.5) is 0 Å². The molecule has 1 aliphatic rings. The summed E-state index contributed by atoms with van der Waals surface area (Å²) >= 11 is 0. The van der Waals surface area contributed by atoms with E-state index in [-0.39, 0.29) is 6.04 Å². The summed E-state index contributed by atoms with van der Waals surface area (Å²) in [5.74, 6) is 1.85. The maximum absolute atomic E-state index is 6.08. The third-order valence-corrected chi connectivity index (χ3v) is 6.15. The van der Waals surface area contributed by atoms with Crippen LogP contribution in [0.1, 0.15) is 48.2 Å². The van der Waals surface area contributed by atoms with E-state index in [2.05, 4.69) is 71.8 Å². The molecule has 5 rings (SSSR count). The van der Waals surface area contributed by atoms with E-state index in [4.69, 9.17) is 9.47 Å². The summed E-state index contributed by atoms with van der Waals surface area (Å²) in [5.41, 5.74) is 6.23. The van der Waals surface area contributed by atoms with Gasteiger partial charge in [-0.2, -0.15) is 0 Å². The summed E-state index contributed by atoms with van der Waals surface area (Å²) in [6.07, 6.45) is 3.24. The number of ether oxygens (including phenoxy) is 2. The van der Waals surface area contributed by atoms with Crippen molar-refractivity contribution in [2.24, 2.45) is 0 Å². The van der Waals surface area contributed by atoms with Gasteiger partial charge >= 0.3 is 0 Å². The number of hydrogen-bond acceptors (Lipinski definition) is 3.